The highest BCUT2D eigenvalue weighted by Gasteiger charge is 2.56. The van der Waals surface area contributed by atoms with E-state index in [1.54, 1.807) is 0 Å². The molecular weight excluding hydrogens is 333 g/mol. The molecule has 4 aliphatic carbocycles. The van der Waals surface area contributed by atoms with E-state index < -0.39 is 12.6 Å². The zero-order valence-electron chi connectivity index (χ0n) is 16.7. The van der Waals surface area contributed by atoms with E-state index in [0.29, 0.717) is 18.3 Å². The average Bonchev–Trinajstić information content (AvgIpc) is 2.95. The molecule has 0 spiro atoms. The number of halogens is 3. The first kappa shape index (κ1) is 19.1. The van der Waals surface area contributed by atoms with E-state index >= 15 is 0 Å². The summed E-state index contributed by atoms with van der Waals surface area (Å²) in [7, 11) is 0. The molecule has 8 atom stereocenters. The molecule has 0 amide bonds. The third-order valence-electron chi connectivity index (χ3n) is 9.61. The molecule has 26 heavy (non-hydrogen) atoms. The van der Waals surface area contributed by atoms with E-state index in [1.165, 1.54) is 57.8 Å². The molecule has 0 aromatic rings. The van der Waals surface area contributed by atoms with Crippen LogP contribution in [0.25, 0.3) is 0 Å². The molecule has 4 rings (SSSR count). The summed E-state index contributed by atoms with van der Waals surface area (Å²) in [6, 6.07) is 0. The van der Waals surface area contributed by atoms with Crippen LogP contribution in [0.15, 0.2) is 0 Å². The van der Waals surface area contributed by atoms with E-state index in [4.69, 9.17) is 0 Å². The van der Waals surface area contributed by atoms with Crippen molar-refractivity contribution in [2.24, 2.45) is 46.8 Å². The molecule has 3 heteroatoms. The molecule has 150 valence electrons. The van der Waals surface area contributed by atoms with Crippen molar-refractivity contribution in [3.8, 4) is 0 Å². The summed E-state index contributed by atoms with van der Waals surface area (Å²) in [5, 5.41) is 0. The maximum absolute atomic E-state index is 12.8. The summed E-state index contributed by atoms with van der Waals surface area (Å²) in [6.07, 6.45) is 9.01. The lowest BCUT2D eigenvalue weighted by molar-refractivity contribution is -0.141. The van der Waals surface area contributed by atoms with Crippen molar-refractivity contribution >= 4 is 0 Å². The fourth-order valence-corrected chi connectivity index (χ4v) is 8.24. The van der Waals surface area contributed by atoms with Crippen LogP contribution in [0, 0.1) is 46.8 Å². The van der Waals surface area contributed by atoms with Crippen molar-refractivity contribution in [1.82, 2.24) is 0 Å². The highest BCUT2D eigenvalue weighted by atomic mass is 19.4. The summed E-state index contributed by atoms with van der Waals surface area (Å²) in [6.45, 7) is 4.71. The summed E-state index contributed by atoms with van der Waals surface area (Å²) in [4.78, 5) is 0. The maximum atomic E-state index is 12.8. The van der Waals surface area contributed by atoms with Crippen LogP contribution < -0.4 is 0 Å². The van der Waals surface area contributed by atoms with Gasteiger partial charge in [-0.05, 0) is 105 Å². The molecule has 4 fully saturated rings. The van der Waals surface area contributed by atoms with Crippen LogP contribution in [0.2, 0.25) is 0 Å². The van der Waals surface area contributed by atoms with E-state index in [9.17, 15) is 13.2 Å². The number of rotatable bonds is 3. The highest BCUT2D eigenvalue weighted by molar-refractivity contribution is 5.06. The molecule has 8 unspecified atom stereocenters. The lowest BCUT2D eigenvalue weighted by Gasteiger charge is -2.56. The van der Waals surface area contributed by atoms with Crippen molar-refractivity contribution in [1.29, 1.82) is 0 Å². The molecule has 0 aromatic carbocycles. The van der Waals surface area contributed by atoms with Crippen molar-refractivity contribution in [3.63, 3.8) is 0 Å². The standard InChI is InChI=1S/C23H37F3/c1-3-15-4-7-18-16(14-15)5-8-20-19(18)11-12-22(2)17(6-9-21(20)22)10-13-23(24,25)26/h15-21H,3-14H2,1-2H3. The van der Waals surface area contributed by atoms with Gasteiger partial charge in [-0.3, -0.25) is 0 Å². The Kier molecular flexibility index (Phi) is 5.14. The van der Waals surface area contributed by atoms with E-state index in [2.05, 4.69) is 13.8 Å². The Balaban J connectivity index is 1.44. The SMILES string of the molecule is CCC1CCC2C(CCC3C2CCC2(C)C(CCC(F)(F)F)CCC32)C1. The molecule has 0 aromatic heterocycles. The molecule has 0 radical (unpaired) electrons. The van der Waals surface area contributed by atoms with Crippen molar-refractivity contribution < 1.29 is 13.2 Å². The molecule has 0 heterocycles. The number of hydrogen-bond donors (Lipinski definition) is 0. The van der Waals surface area contributed by atoms with Gasteiger partial charge < -0.3 is 0 Å². The second-order valence-corrected chi connectivity index (χ2v) is 10.5. The Morgan fingerprint density at radius 1 is 0.885 bits per heavy atom. The zero-order valence-corrected chi connectivity index (χ0v) is 16.7. The van der Waals surface area contributed by atoms with Gasteiger partial charge in [0.05, 0.1) is 0 Å². The largest absolute Gasteiger partial charge is 0.389 e. The Hall–Kier alpha value is -0.210. The van der Waals surface area contributed by atoms with E-state index in [0.717, 1.165) is 36.0 Å². The fourth-order valence-electron chi connectivity index (χ4n) is 8.24. The van der Waals surface area contributed by atoms with Crippen molar-refractivity contribution in [2.75, 3.05) is 0 Å². The van der Waals surface area contributed by atoms with Crippen molar-refractivity contribution in [2.45, 2.75) is 97.1 Å². The predicted molar refractivity (Wildman–Crippen MR) is 99.7 cm³/mol. The van der Waals surface area contributed by atoms with Gasteiger partial charge in [-0.15, -0.1) is 0 Å². The van der Waals surface area contributed by atoms with Gasteiger partial charge in [0.1, 0.15) is 0 Å². The van der Waals surface area contributed by atoms with Gasteiger partial charge in [0.2, 0.25) is 0 Å². The molecular formula is C23H37F3. The normalized spacial score (nSPS) is 48.6. The summed E-state index contributed by atoms with van der Waals surface area (Å²) >= 11 is 0. The molecule has 0 nitrogen and oxygen atoms in total. The summed E-state index contributed by atoms with van der Waals surface area (Å²) in [5.41, 5.74) is 0.194. The topological polar surface area (TPSA) is 0 Å². The van der Waals surface area contributed by atoms with Gasteiger partial charge in [-0.25, -0.2) is 0 Å². The second kappa shape index (κ2) is 6.99. The Morgan fingerprint density at radius 3 is 2.38 bits per heavy atom. The van der Waals surface area contributed by atoms with Crippen LogP contribution in [0.3, 0.4) is 0 Å². The Morgan fingerprint density at radius 2 is 1.65 bits per heavy atom. The summed E-state index contributed by atoms with van der Waals surface area (Å²) in [5.74, 6) is 5.60. The molecule has 0 bridgehead atoms. The van der Waals surface area contributed by atoms with E-state index in [1.807, 2.05) is 0 Å². The number of fused-ring (bicyclic) bond motifs is 5. The molecule has 4 saturated carbocycles. The van der Waals surface area contributed by atoms with Gasteiger partial charge in [0.15, 0.2) is 0 Å². The first-order valence-electron chi connectivity index (χ1n) is 11.4. The highest BCUT2D eigenvalue weighted by Crippen LogP contribution is 2.65. The van der Waals surface area contributed by atoms with Crippen LogP contribution >= 0.6 is 0 Å². The second-order valence-electron chi connectivity index (χ2n) is 10.5. The van der Waals surface area contributed by atoms with Crippen LogP contribution in [0.1, 0.15) is 90.9 Å². The van der Waals surface area contributed by atoms with Crippen LogP contribution in [-0.2, 0) is 0 Å². The fraction of sp³-hybridized carbons (Fsp3) is 1.00. The minimum absolute atomic E-state index is 0.194. The molecule has 0 N–H and O–H groups in total. The van der Waals surface area contributed by atoms with Crippen LogP contribution in [0.4, 0.5) is 13.2 Å². The minimum Gasteiger partial charge on any atom is -0.171 e. The van der Waals surface area contributed by atoms with Gasteiger partial charge in [-0.2, -0.15) is 13.2 Å². The Bertz CT molecular complexity index is 498. The number of hydrogen-bond acceptors (Lipinski definition) is 0. The zero-order chi connectivity index (χ0) is 18.5. The molecule has 0 aliphatic heterocycles. The molecule has 4 aliphatic rings. The van der Waals surface area contributed by atoms with E-state index in [-0.39, 0.29) is 5.41 Å². The third-order valence-corrected chi connectivity index (χ3v) is 9.61. The lowest BCUT2D eigenvalue weighted by Crippen LogP contribution is -2.48. The van der Waals surface area contributed by atoms with Gasteiger partial charge in [0.25, 0.3) is 0 Å². The van der Waals surface area contributed by atoms with Crippen LogP contribution in [-0.4, -0.2) is 6.18 Å². The molecule has 0 saturated heterocycles. The monoisotopic (exact) mass is 370 g/mol. The third kappa shape index (κ3) is 3.34. The van der Waals surface area contributed by atoms with Crippen molar-refractivity contribution in [3.05, 3.63) is 0 Å². The van der Waals surface area contributed by atoms with Gasteiger partial charge >= 0.3 is 6.18 Å². The average molecular weight is 371 g/mol. The first-order chi connectivity index (χ1) is 12.3. The van der Waals surface area contributed by atoms with Gasteiger partial charge in [-0.1, -0.05) is 26.7 Å². The van der Waals surface area contributed by atoms with Gasteiger partial charge in [0, 0.05) is 6.42 Å². The lowest BCUT2D eigenvalue weighted by atomic mass is 9.49. The maximum Gasteiger partial charge on any atom is 0.389 e. The number of alkyl halides is 3. The quantitative estimate of drug-likeness (QED) is 0.479. The summed E-state index contributed by atoms with van der Waals surface area (Å²) < 4.78 is 38.3. The predicted octanol–water partition coefficient (Wildman–Crippen LogP) is 7.62. The first-order valence-corrected chi connectivity index (χ1v) is 11.4. The minimum atomic E-state index is -3.98. The smallest absolute Gasteiger partial charge is 0.171 e. The van der Waals surface area contributed by atoms with Crippen LogP contribution in [0.5, 0.6) is 0 Å². The Labute approximate surface area is 157 Å².